The number of anilines is 1. The van der Waals surface area contributed by atoms with Crippen molar-refractivity contribution in [2.24, 2.45) is 0 Å². The van der Waals surface area contributed by atoms with Crippen molar-refractivity contribution in [2.75, 3.05) is 5.32 Å². The molecule has 0 atom stereocenters. The fourth-order valence-corrected chi connectivity index (χ4v) is 2.22. The minimum atomic E-state index is 0.768. The predicted molar refractivity (Wildman–Crippen MR) is 81.6 cm³/mol. The molecule has 2 heterocycles. The second kappa shape index (κ2) is 5.74. The minimum Gasteiger partial charge on any atom is -0.380 e. The minimum absolute atomic E-state index is 0.768. The van der Waals surface area contributed by atoms with E-state index in [0.29, 0.717) is 0 Å². The number of nitrogens with zero attached hydrogens (tertiary/aromatic N) is 3. The molecule has 102 valence electrons. The van der Waals surface area contributed by atoms with Crippen molar-refractivity contribution in [2.45, 2.75) is 26.4 Å². The molecule has 0 spiro atoms. The normalized spacial score (nSPS) is 10.8. The van der Waals surface area contributed by atoms with Gasteiger partial charge in [0, 0.05) is 30.2 Å². The lowest BCUT2D eigenvalue weighted by atomic mass is 10.2. The van der Waals surface area contributed by atoms with Gasteiger partial charge in [-0.2, -0.15) is 5.10 Å². The van der Waals surface area contributed by atoms with Crippen molar-refractivity contribution in [3.63, 3.8) is 0 Å². The Hall–Kier alpha value is -2.36. The van der Waals surface area contributed by atoms with E-state index in [1.54, 1.807) is 0 Å². The van der Waals surface area contributed by atoms with Crippen LogP contribution in [0.4, 0.5) is 5.69 Å². The van der Waals surface area contributed by atoms with Crippen LogP contribution >= 0.6 is 0 Å². The number of fused-ring (bicyclic) bond motifs is 1. The van der Waals surface area contributed by atoms with Crippen LogP contribution in [-0.2, 0) is 13.1 Å². The zero-order chi connectivity index (χ0) is 13.8. The summed E-state index contributed by atoms with van der Waals surface area (Å²) in [5, 5.41) is 8.87. The van der Waals surface area contributed by atoms with Crippen molar-refractivity contribution >= 4 is 16.6 Å². The van der Waals surface area contributed by atoms with Crippen LogP contribution in [0.15, 0.2) is 48.9 Å². The third-order valence-electron chi connectivity index (χ3n) is 3.23. The summed E-state index contributed by atoms with van der Waals surface area (Å²) in [4.78, 5) is 4.44. The highest BCUT2D eigenvalue weighted by atomic mass is 15.3. The first-order valence-electron chi connectivity index (χ1n) is 6.95. The van der Waals surface area contributed by atoms with E-state index in [2.05, 4.69) is 40.7 Å². The Bertz CT molecular complexity index is 702. The molecule has 2 aromatic heterocycles. The average molecular weight is 266 g/mol. The van der Waals surface area contributed by atoms with Gasteiger partial charge in [-0.05, 0) is 18.6 Å². The summed E-state index contributed by atoms with van der Waals surface area (Å²) in [7, 11) is 0. The first-order chi connectivity index (χ1) is 9.85. The molecule has 0 saturated carbocycles. The molecule has 0 aliphatic heterocycles. The van der Waals surface area contributed by atoms with Gasteiger partial charge in [0.05, 0.1) is 23.6 Å². The zero-order valence-electron chi connectivity index (χ0n) is 11.6. The van der Waals surface area contributed by atoms with Crippen LogP contribution in [-0.4, -0.2) is 14.8 Å². The summed E-state index contributed by atoms with van der Waals surface area (Å²) >= 11 is 0. The Morgan fingerprint density at radius 3 is 3.00 bits per heavy atom. The number of nitrogens with one attached hydrogen (secondary N) is 1. The van der Waals surface area contributed by atoms with Crippen molar-refractivity contribution in [3.05, 3.63) is 54.5 Å². The molecule has 1 N–H and O–H groups in total. The van der Waals surface area contributed by atoms with Crippen LogP contribution in [0.25, 0.3) is 10.9 Å². The molecule has 1 aromatic carbocycles. The van der Waals surface area contributed by atoms with Crippen molar-refractivity contribution in [3.8, 4) is 0 Å². The summed E-state index contributed by atoms with van der Waals surface area (Å²) in [5.41, 5.74) is 3.24. The maximum Gasteiger partial charge on any atom is 0.0703 e. The lowest BCUT2D eigenvalue weighted by Crippen LogP contribution is -1.99. The average Bonchev–Trinajstić information content (AvgIpc) is 2.93. The van der Waals surface area contributed by atoms with Crippen LogP contribution in [0, 0.1) is 0 Å². The summed E-state index contributed by atoms with van der Waals surface area (Å²) in [6.45, 7) is 3.89. The molecule has 3 rings (SSSR count). The molecule has 0 bridgehead atoms. The van der Waals surface area contributed by atoms with Gasteiger partial charge in [0.2, 0.25) is 0 Å². The van der Waals surface area contributed by atoms with Gasteiger partial charge in [0.15, 0.2) is 0 Å². The monoisotopic (exact) mass is 266 g/mol. The lowest BCUT2D eigenvalue weighted by Gasteiger charge is -2.05. The molecular weight excluding hydrogens is 248 g/mol. The molecule has 0 unspecified atom stereocenters. The molecule has 4 nitrogen and oxygen atoms in total. The number of hydrogen-bond acceptors (Lipinski definition) is 3. The van der Waals surface area contributed by atoms with Crippen LogP contribution in [0.3, 0.4) is 0 Å². The quantitative estimate of drug-likeness (QED) is 0.769. The van der Waals surface area contributed by atoms with Gasteiger partial charge in [0.25, 0.3) is 0 Å². The number of aryl methyl sites for hydroxylation is 1. The van der Waals surface area contributed by atoms with Crippen LogP contribution < -0.4 is 5.32 Å². The van der Waals surface area contributed by atoms with E-state index in [9.17, 15) is 0 Å². The predicted octanol–water partition coefficient (Wildman–Crippen LogP) is 3.45. The van der Waals surface area contributed by atoms with Crippen LogP contribution in [0.2, 0.25) is 0 Å². The zero-order valence-corrected chi connectivity index (χ0v) is 11.6. The van der Waals surface area contributed by atoms with Crippen molar-refractivity contribution in [1.29, 1.82) is 0 Å². The molecular formula is C16H18N4. The lowest BCUT2D eigenvalue weighted by molar-refractivity contribution is 0.602. The Morgan fingerprint density at radius 2 is 2.10 bits per heavy atom. The second-order valence-electron chi connectivity index (χ2n) is 4.88. The van der Waals surface area contributed by atoms with E-state index in [-0.39, 0.29) is 0 Å². The van der Waals surface area contributed by atoms with Crippen LogP contribution in [0.5, 0.6) is 0 Å². The molecule has 0 radical (unpaired) electrons. The second-order valence-corrected chi connectivity index (χ2v) is 4.88. The van der Waals surface area contributed by atoms with E-state index < -0.39 is 0 Å². The highest BCUT2D eigenvalue weighted by Gasteiger charge is 2.00. The number of para-hydroxylation sites is 1. The topological polar surface area (TPSA) is 42.7 Å². The molecule has 0 fully saturated rings. The molecule has 3 aromatic rings. The molecule has 0 amide bonds. The SMILES string of the molecule is CCCn1cc(CNc2cnc3ccccc3c2)cn1. The Labute approximate surface area is 118 Å². The maximum atomic E-state index is 4.44. The van der Waals surface area contributed by atoms with E-state index in [1.807, 2.05) is 35.3 Å². The third kappa shape index (κ3) is 2.79. The number of hydrogen-bond donors (Lipinski definition) is 1. The Morgan fingerprint density at radius 1 is 1.20 bits per heavy atom. The van der Waals surface area contributed by atoms with Gasteiger partial charge in [-0.3, -0.25) is 9.67 Å². The van der Waals surface area contributed by atoms with Gasteiger partial charge in [-0.1, -0.05) is 25.1 Å². The molecule has 0 saturated heterocycles. The third-order valence-corrected chi connectivity index (χ3v) is 3.23. The van der Waals surface area contributed by atoms with Gasteiger partial charge in [-0.25, -0.2) is 0 Å². The number of aromatic nitrogens is 3. The van der Waals surface area contributed by atoms with E-state index in [1.165, 1.54) is 5.56 Å². The number of rotatable bonds is 5. The summed E-state index contributed by atoms with van der Waals surface area (Å²) < 4.78 is 1.98. The fourth-order valence-electron chi connectivity index (χ4n) is 2.22. The molecule has 20 heavy (non-hydrogen) atoms. The first kappa shape index (κ1) is 12.7. The highest BCUT2D eigenvalue weighted by Crippen LogP contribution is 2.16. The van der Waals surface area contributed by atoms with Crippen LogP contribution in [0.1, 0.15) is 18.9 Å². The molecule has 0 aliphatic rings. The Kier molecular flexibility index (Phi) is 3.63. The maximum absolute atomic E-state index is 4.44. The van der Waals surface area contributed by atoms with Gasteiger partial charge < -0.3 is 5.32 Å². The molecule has 4 heteroatoms. The molecule has 0 aliphatic carbocycles. The fraction of sp³-hybridized carbons (Fsp3) is 0.250. The smallest absolute Gasteiger partial charge is 0.0703 e. The van der Waals surface area contributed by atoms with E-state index in [0.717, 1.165) is 36.1 Å². The number of pyridine rings is 1. The first-order valence-corrected chi connectivity index (χ1v) is 6.95. The summed E-state index contributed by atoms with van der Waals surface area (Å²) in [5.74, 6) is 0. The highest BCUT2D eigenvalue weighted by molar-refractivity contribution is 5.81. The van der Waals surface area contributed by atoms with Gasteiger partial charge in [0.1, 0.15) is 0 Å². The van der Waals surface area contributed by atoms with Gasteiger partial charge in [-0.15, -0.1) is 0 Å². The van der Waals surface area contributed by atoms with Crippen molar-refractivity contribution in [1.82, 2.24) is 14.8 Å². The van der Waals surface area contributed by atoms with E-state index in [4.69, 9.17) is 0 Å². The van der Waals surface area contributed by atoms with E-state index >= 15 is 0 Å². The largest absolute Gasteiger partial charge is 0.380 e. The standard InChI is InChI=1S/C16H18N4/c1-2-7-20-12-13(10-19-20)9-17-15-8-14-5-3-4-6-16(14)18-11-15/h3-6,8,10-12,17H,2,7,9H2,1H3. The number of benzene rings is 1. The Balaban J connectivity index is 1.69. The van der Waals surface area contributed by atoms with Crippen molar-refractivity contribution < 1.29 is 0 Å². The van der Waals surface area contributed by atoms with Gasteiger partial charge >= 0.3 is 0 Å². The summed E-state index contributed by atoms with van der Waals surface area (Å²) in [6, 6.07) is 10.3. The summed E-state index contributed by atoms with van der Waals surface area (Å²) in [6.07, 6.45) is 6.98.